The second-order valence-corrected chi connectivity index (χ2v) is 5.84. The molecule has 1 N–H and O–H groups in total. The quantitative estimate of drug-likeness (QED) is 0.897. The zero-order valence-electron chi connectivity index (χ0n) is 11.7. The average Bonchev–Trinajstić information content (AvgIpc) is 2.51. The molecule has 2 aromatic rings. The Balaban J connectivity index is 1.66. The van der Waals surface area contributed by atoms with Gasteiger partial charge in [0.1, 0.15) is 0 Å². The van der Waals surface area contributed by atoms with E-state index in [2.05, 4.69) is 58.7 Å². The molecule has 20 heavy (non-hydrogen) atoms. The lowest BCUT2D eigenvalue weighted by Crippen LogP contribution is -2.43. The summed E-state index contributed by atoms with van der Waals surface area (Å²) in [4.78, 5) is 2.63. The van der Waals surface area contributed by atoms with Crippen molar-refractivity contribution in [2.45, 2.75) is 25.6 Å². The zero-order chi connectivity index (χ0) is 13.4. The van der Waals surface area contributed by atoms with Gasteiger partial charge in [0.2, 0.25) is 0 Å². The van der Waals surface area contributed by atoms with Gasteiger partial charge in [-0.05, 0) is 28.7 Å². The number of rotatable bonds is 2. The van der Waals surface area contributed by atoms with Gasteiger partial charge in [0.25, 0.3) is 0 Å². The van der Waals surface area contributed by atoms with E-state index in [1.165, 1.54) is 17.5 Å². The maximum absolute atomic E-state index is 3.58. The van der Waals surface area contributed by atoms with Crippen molar-refractivity contribution >= 4 is 0 Å². The van der Waals surface area contributed by atoms with E-state index in [9.17, 15) is 0 Å². The Labute approximate surface area is 120 Å². The van der Waals surface area contributed by atoms with Gasteiger partial charge in [-0.1, -0.05) is 48.5 Å². The maximum Gasteiger partial charge on any atom is 0.0482 e. The molecule has 0 spiro atoms. The molecule has 2 aliphatic heterocycles. The predicted molar refractivity (Wildman–Crippen MR) is 81.4 cm³/mol. The predicted octanol–water partition coefficient (Wildman–Crippen LogP) is 2.89. The maximum atomic E-state index is 3.58. The van der Waals surface area contributed by atoms with Crippen molar-refractivity contribution in [2.24, 2.45) is 0 Å². The molecule has 0 bridgehead atoms. The molecule has 2 aromatic carbocycles. The summed E-state index contributed by atoms with van der Waals surface area (Å²) < 4.78 is 0. The van der Waals surface area contributed by atoms with Gasteiger partial charge in [-0.3, -0.25) is 4.90 Å². The molecule has 0 saturated carbocycles. The van der Waals surface area contributed by atoms with Crippen LogP contribution in [0.4, 0.5) is 0 Å². The third kappa shape index (κ3) is 2.05. The molecule has 2 heteroatoms. The first kappa shape index (κ1) is 12.1. The van der Waals surface area contributed by atoms with Crippen LogP contribution in [0.5, 0.6) is 0 Å². The Bertz CT molecular complexity index is 592. The Hall–Kier alpha value is -1.64. The Morgan fingerprint density at radius 3 is 2.75 bits per heavy atom. The minimum absolute atomic E-state index is 0.545. The van der Waals surface area contributed by atoms with Gasteiger partial charge in [0.15, 0.2) is 0 Å². The second kappa shape index (κ2) is 5.04. The first-order chi connectivity index (χ1) is 9.92. The van der Waals surface area contributed by atoms with E-state index in [0.29, 0.717) is 6.04 Å². The highest BCUT2D eigenvalue weighted by molar-refractivity contribution is 5.41. The summed E-state index contributed by atoms with van der Waals surface area (Å²) >= 11 is 0. The molecule has 2 aliphatic rings. The van der Waals surface area contributed by atoms with Crippen LogP contribution < -0.4 is 5.32 Å². The summed E-state index contributed by atoms with van der Waals surface area (Å²) in [5.41, 5.74) is 6.09. The number of nitrogens with one attached hydrogen (secondary N) is 1. The first-order valence-electron chi connectivity index (χ1n) is 7.51. The molecule has 102 valence electrons. The van der Waals surface area contributed by atoms with Crippen LogP contribution in [0.1, 0.15) is 28.3 Å². The van der Waals surface area contributed by atoms with E-state index in [-0.39, 0.29) is 0 Å². The molecular weight excluding hydrogens is 244 g/mol. The van der Waals surface area contributed by atoms with Crippen molar-refractivity contribution in [1.82, 2.24) is 10.2 Å². The SMILES string of the molecule is c1ccc(CN2CCc3cccc4c3C2CNC4)cc1. The average molecular weight is 264 g/mol. The van der Waals surface area contributed by atoms with E-state index < -0.39 is 0 Å². The summed E-state index contributed by atoms with van der Waals surface area (Å²) in [6.07, 6.45) is 1.19. The second-order valence-electron chi connectivity index (χ2n) is 5.84. The largest absolute Gasteiger partial charge is 0.311 e. The lowest BCUT2D eigenvalue weighted by molar-refractivity contribution is 0.164. The van der Waals surface area contributed by atoms with Crippen LogP contribution in [0, 0.1) is 0 Å². The molecular formula is C18H20N2. The van der Waals surface area contributed by atoms with Crippen LogP contribution in [-0.2, 0) is 19.5 Å². The molecule has 2 nitrogen and oxygen atoms in total. The Morgan fingerprint density at radius 1 is 1.00 bits per heavy atom. The monoisotopic (exact) mass is 264 g/mol. The van der Waals surface area contributed by atoms with Crippen molar-refractivity contribution in [2.75, 3.05) is 13.1 Å². The zero-order valence-corrected chi connectivity index (χ0v) is 11.7. The van der Waals surface area contributed by atoms with Crippen LogP contribution in [-0.4, -0.2) is 18.0 Å². The van der Waals surface area contributed by atoms with Crippen LogP contribution in [0.3, 0.4) is 0 Å². The minimum atomic E-state index is 0.545. The molecule has 0 saturated heterocycles. The van der Waals surface area contributed by atoms with Crippen LogP contribution in [0.2, 0.25) is 0 Å². The van der Waals surface area contributed by atoms with E-state index in [4.69, 9.17) is 0 Å². The summed E-state index contributed by atoms with van der Waals surface area (Å²) in [7, 11) is 0. The van der Waals surface area contributed by atoms with Gasteiger partial charge in [-0.25, -0.2) is 0 Å². The van der Waals surface area contributed by atoms with Crippen molar-refractivity contribution in [3.63, 3.8) is 0 Å². The highest BCUT2D eigenvalue weighted by Gasteiger charge is 2.31. The van der Waals surface area contributed by atoms with Gasteiger partial charge < -0.3 is 5.32 Å². The Kier molecular flexibility index (Phi) is 3.06. The van der Waals surface area contributed by atoms with Crippen molar-refractivity contribution in [1.29, 1.82) is 0 Å². The molecule has 0 radical (unpaired) electrons. The molecule has 4 rings (SSSR count). The fourth-order valence-corrected chi connectivity index (χ4v) is 3.65. The molecule has 0 aliphatic carbocycles. The fraction of sp³-hybridized carbons (Fsp3) is 0.333. The van der Waals surface area contributed by atoms with Crippen molar-refractivity contribution < 1.29 is 0 Å². The fourth-order valence-electron chi connectivity index (χ4n) is 3.65. The number of hydrogen-bond donors (Lipinski definition) is 1. The van der Waals surface area contributed by atoms with Gasteiger partial charge in [-0.15, -0.1) is 0 Å². The smallest absolute Gasteiger partial charge is 0.0482 e. The first-order valence-corrected chi connectivity index (χ1v) is 7.51. The highest BCUT2D eigenvalue weighted by Crippen LogP contribution is 2.35. The number of nitrogens with zero attached hydrogens (tertiary/aromatic N) is 1. The van der Waals surface area contributed by atoms with Crippen LogP contribution >= 0.6 is 0 Å². The van der Waals surface area contributed by atoms with Crippen LogP contribution in [0.15, 0.2) is 48.5 Å². The molecule has 0 fully saturated rings. The Morgan fingerprint density at radius 2 is 1.85 bits per heavy atom. The summed E-state index contributed by atoms with van der Waals surface area (Å²) in [5, 5.41) is 3.58. The molecule has 0 amide bonds. The summed E-state index contributed by atoms with van der Waals surface area (Å²) in [5.74, 6) is 0. The summed E-state index contributed by atoms with van der Waals surface area (Å²) in [6.45, 7) is 4.33. The van der Waals surface area contributed by atoms with E-state index >= 15 is 0 Å². The van der Waals surface area contributed by atoms with E-state index in [1.807, 2.05) is 0 Å². The van der Waals surface area contributed by atoms with E-state index in [1.54, 1.807) is 11.1 Å². The lowest BCUT2D eigenvalue weighted by atomic mass is 9.86. The van der Waals surface area contributed by atoms with Gasteiger partial charge in [-0.2, -0.15) is 0 Å². The minimum Gasteiger partial charge on any atom is -0.311 e. The van der Waals surface area contributed by atoms with Crippen LogP contribution in [0.25, 0.3) is 0 Å². The molecule has 0 aromatic heterocycles. The molecule has 1 atom stereocenters. The molecule has 1 unspecified atom stereocenters. The third-order valence-electron chi connectivity index (χ3n) is 4.61. The third-order valence-corrected chi connectivity index (χ3v) is 4.61. The summed E-state index contributed by atoms with van der Waals surface area (Å²) in [6, 6.07) is 18.2. The van der Waals surface area contributed by atoms with Crippen molar-refractivity contribution in [3.05, 3.63) is 70.8 Å². The number of benzene rings is 2. The normalized spacial score (nSPS) is 21.5. The lowest BCUT2D eigenvalue weighted by Gasteiger charge is -2.41. The van der Waals surface area contributed by atoms with Crippen molar-refractivity contribution in [3.8, 4) is 0 Å². The number of hydrogen-bond acceptors (Lipinski definition) is 2. The topological polar surface area (TPSA) is 15.3 Å². The highest BCUT2D eigenvalue weighted by atomic mass is 15.2. The van der Waals surface area contributed by atoms with Gasteiger partial charge >= 0.3 is 0 Å². The standard InChI is InChI=1S/C18H20N2/c1-2-5-14(6-3-1)13-20-10-9-15-7-4-8-16-11-19-12-17(20)18(15)16/h1-8,17,19H,9-13H2. The van der Waals surface area contributed by atoms with Gasteiger partial charge in [0.05, 0.1) is 0 Å². The van der Waals surface area contributed by atoms with E-state index in [0.717, 1.165) is 26.2 Å². The van der Waals surface area contributed by atoms with Gasteiger partial charge in [0, 0.05) is 32.2 Å². The molecule has 2 heterocycles.